The molecule has 0 aliphatic rings. The molecule has 1 aromatic heterocycles. The maximum absolute atomic E-state index is 11.7. The van der Waals surface area contributed by atoms with Gasteiger partial charge in [-0.05, 0) is 15.9 Å². The zero-order valence-corrected chi connectivity index (χ0v) is 10.3. The fourth-order valence-electron chi connectivity index (χ4n) is 1.11. The molecule has 0 radical (unpaired) electrons. The fraction of sp³-hybridized carbons (Fsp3) is 0.273. The molecule has 0 spiro atoms. The Balaban J connectivity index is 2.90. The number of terminal acetylenes is 1. The van der Waals surface area contributed by atoms with Crippen molar-refractivity contribution in [2.24, 2.45) is 0 Å². The van der Waals surface area contributed by atoms with Crippen LogP contribution >= 0.6 is 15.9 Å². The summed E-state index contributed by atoms with van der Waals surface area (Å²) in [7, 11) is 0. The normalized spacial score (nSPS) is 9.50. The molecule has 5 heteroatoms. The van der Waals surface area contributed by atoms with Crippen LogP contribution in [0.15, 0.2) is 28.1 Å². The molecule has 1 aromatic rings. The molecule has 16 heavy (non-hydrogen) atoms. The number of nitrogens with one attached hydrogen (secondary N) is 1. The molecule has 0 saturated heterocycles. The molecule has 0 atom stereocenters. The van der Waals surface area contributed by atoms with Gasteiger partial charge in [-0.2, -0.15) is 5.10 Å². The molecule has 0 aliphatic carbocycles. The number of anilines is 1. The SMILES string of the molecule is C#CCCNc1cnn(CC=C)c(=O)c1Br. The predicted octanol–water partition coefficient (Wildman–Crippen LogP) is 1.63. The van der Waals surface area contributed by atoms with Crippen LogP contribution in [0.3, 0.4) is 0 Å². The highest BCUT2D eigenvalue weighted by Crippen LogP contribution is 2.15. The van der Waals surface area contributed by atoms with E-state index in [0.29, 0.717) is 29.7 Å². The van der Waals surface area contributed by atoms with Crippen LogP contribution in [0.2, 0.25) is 0 Å². The number of aromatic nitrogens is 2. The van der Waals surface area contributed by atoms with E-state index in [-0.39, 0.29) is 5.56 Å². The van der Waals surface area contributed by atoms with Crippen LogP contribution in [-0.4, -0.2) is 16.3 Å². The highest BCUT2D eigenvalue weighted by Gasteiger charge is 2.06. The van der Waals surface area contributed by atoms with Gasteiger partial charge in [0, 0.05) is 13.0 Å². The average Bonchev–Trinajstić information content (AvgIpc) is 2.28. The largest absolute Gasteiger partial charge is 0.382 e. The van der Waals surface area contributed by atoms with Crippen LogP contribution in [0.25, 0.3) is 0 Å². The summed E-state index contributed by atoms with van der Waals surface area (Å²) in [6.07, 6.45) is 8.94. The quantitative estimate of drug-likeness (QED) is 0.507. The van der Waals surface area contributed by atoms with Gasteiger partial charge in [-0.1, -0.05) is 6.08 Å². The zero-order valence-electron chi connectivity index (χ0n) is 8.74. The van der Waals surface area contributed by atoms with Gasteiger partial charge in [-0.3, -0.25) is 4.79 Å². The molecule has 1 N–H and O–H groups in total. The first-order chi connectivity index (χ1) is 7.70. The number of allylic oxidation sites excluding steroid dienone is 1. The molecule has 0 saturated carbocycles. The summed E-state index contributed by atoms with van der Waals surface area (Å²) in [5, 5.41) is 7.03. The lowest BCUT2D eigenvalue weighted by Gasteiger charge is -2.08. The van der Waals surface area contributed by atoms with Crippen molar-refractivity contribution in [2.75, 3.05) is 11.9 Å². The lowest BCUT2D eigenvalue weighted by molar-refractivity contribution is 0.649. The van der Waals surface area contributed by atoms with Crippen molar-refractivity contribution in [3.63, 3.8) is 0 Å². The summed E-state index contributed by atoms with van der Waals surface area (Å²) in [5.41, 5.74) is 0.464. The predicted molar refractivity (Wildman–Crippen MR) is 68.3 cm³/mol. The van der Waals surface area contributed by atoms with Crippen molar-refractivity contribution >= 4 is 21.6 Å². The van der Waals surface area contributed by atoms with Crippen LogP contribution in [-0.2, 0) is 6.54 Å². The van der Waals surface area contributed by atoms with Crippen molar-refractivity contribution in [3.8, 4) is 12.3 Å². The smallest absolute Gasteiger partial charge is 0.283 e. The molecule has 0 aliphatic heterocycles. The minimum absolute atomic E-state index is 0.189. The Morgan fingerprint density at radius 2 is 2.50 bits per heavy atom. The average molecular weight is 282 g/mol. The van der Waals surface area contributed by atoms with Crippen molar-refractivity contribution in [3.05, 3.63) is 33.7 Å². The third-order valence-corrected chi connectivity index (χ3v) is 2.64. The van der Waals surface area contributed by atoms with E-state index < -0.39 is 0 Å². The van der Waals surface area contributed by atoms with Crippen molar-refractivity contribution in [2.45, 2.75) is 13.0 Å². The summed E-state index contributed by atoms with van der Waals surface area (Å²) in [5.74, 6) is 2.51. The Morgan fingerprint density at radius 1 is 1.75 bits per heavy atom. The summed E-state index contributed by atoms with van der Waals surface area (Å²) >= 11 is 3.23. The van der Waals surface area contributed by atoms with Gasteiger partial charge in [-0.25, -0.2) is 4.68 Å². The second-order valence-electron chi connectivity index (χ2n) is 3.03. The molecular weight excluding hydrogens is 270 g/mol. The summed E-state index contributed by atoms with van der Waals surface area (Å²) in [6, 6.07) is 0. The molecule has 4 nitrogen and oxygen atoms in total. The number of hydrogen-bond donors (Lipinski definition) is 1. The van der Waals surface area contributed by atoms with Crippen molar-refractivity contribution < 1.29 is 0 Å². The summed E-state index contributed by atoms with van der Waals surface area (Å²) in [4.78, 5) is 11.7. The van der Waals surface area contributed by atoms with Crippen LogP contribution in [0.5, 0.6) is 0 Å². The van der Waals surface area contributed by atoms with Crippen LogP contribution in [0.1, 0.15) is 6.42 Å². The van der Waals surface area contributed by atoms with Gasteiger partial charge in [0.05, 0.1) is 18.4 Å². The summed E-state index contributed by atoms with van der Waals surface area (Å²) in [6.45, 7) is 4.56. The van der Waals surface area contributed by atoms with Gasteiger partial charge in [-0.15, -0.1) is 18.9 Å². The van der Waals surface area contributed by atoms with Gasteiger partial charge >= 0.3 is 0 Å². The molecule has 0 bridgehead atoms. The Bertz CT molecular complexity index is 473. The Kier molecular flexibility index (Phi) is 4.80. The second-order valence-corrected chi connectivity index (χ2v) is 3.82. The number of nitrogens with zero attached hydrogens (tertiary/aromatic N) is 2. The molecule has 1 rings (SSSR count). The van der Waals surface area contributed by atoms with Crippen LogP contribution < -0.4 is 10.9 Å². The fourth-order valence-corrected chi connectivity index (χ4v) is 1.56. The first-order valence-electron chi connectivity index (χ1n) is 4.74. The molecule has 0 unspecified atom stereocenters. The summed E-state index contributed by atoms with van der Waals surface area (Å²) < 4.78 is 1.78. The van der Waals surface area contributed by atoms with E-state index in [0.717, 1.165) is 0 Å². The van der Waals surface area contributed by atoms with Gasteiger partial charge in [0.1, 0.15) is 4.47 Å². The van der Waals surface area contributed by atoms with Gasteiger partial charge < -0.3 is 5.32 Å². The Morgan fingerprint density at radius 3 is 3.12 bits per heavy atom. The third-order valence-electron chi connectivity index (χ3n) is 1.87. The van der Waals surface area contributed by atoms with Crippen LogP contribution in [0.4, 0.5) is 5.69 Å². The van der Waals surface area contributed by atoms with Crippen molar-refractivity contribution in [1.29, 1.82) is 0 Å². The van der Waals surface area contributed by atoms with E-state index in [2.05, 4.69) is 38.8 Å². The maximum atomic E-state index is 11.7. The first-order valence-corrected chi connectivity index (χ1v) is 5.54. The van der Waals surface area contributed by atoms with Gasteiger partial charge in [0.25, 0.3) is 5.56 Å². The highest BCUT2D eigenvalue weighted by molar-refractivity contribution is 9.10. The van der Waals surface area contributed by atoms with E-state index in [1.807, 2.05) is 0 Å². The standard InChI is InChI=1S/C11H12BrN3O/c1-3-5-6-13-9-8-14-15(7-4-2)11(16)10(9)12/h1,4,8,13H,2,5-7H2. The Labute approximate surface area is 102 Å². The molecule has 0 amide bonds. The lowest BCUT2D eigenvalue weighted by Crippen LogP contribution is -2.24. The molecule has 1 heterocycles. The molecule has 0 aromatic carbocycles. The molecular formula is C11H12BrN3O. The zero-order chi connectivity index (χ0) is 12.0. The third kappa shape index (κ3) is 2.97. The second kappa shape index (κ2) is 6.13. The minimum Gasteiger partial charge on any atom is -0.382 e. The highest BCUT2D eigenvalue weighted by atomic mass is 79.9. The lowest BCUT2D eigenvalue weighted by atomic mass is 10.4. The number of halogens is 1. The topological polar surface area (TPSA) is 46.9 Å². The van der Waals surface area contributed by atoms with Crippen LogP contribution in [0, 0.1) is 12.3 Å². The van der Waals surface area contributed by atoms with Gasteiger partial charge in [0.2, 0.25) is 0 Å². The van der Waals surface area contributed by atoms with Gasteiger partial charge in [0.15, 0.2) is 0 Å². The van der Waals surface area contributed by atoms with E-state index in [1.165, 1.54) is 4.68 Å². The van der Waals surface area contributed by atoms with E-state index in [4.69, 9.17) is 6.42 Å². The maximum Gasteiger partial charge on any atom is 0.283 e. The number of rotatable bonds is 5. The first kappa shape index (κ1) is 12.5. The Hall–Kier alpha value is -1.54. The molecule has 84 valence electrons. The molecule has 0 fully saturated rings. The van der Waals surface area contributed by atoms with E-state index in [1.54, 1.807) is 12.3 Å². The van der Waals surface area contributed by atoms with Crippen molar-refractivity contribution in [1.82, 2.24) is 9.78 Å². The number of hydrogen-bond acceptors (Lipinski definition) is 3. The van der Waals surface area contributed by atoms with E-state index >= 15 is 0 Å². The minimum atomic E-state index is -0.189. The van der Waals surface area contributed by atoms with E-state index in [9.17, 15) is 4.79 Å². The monoisotopic (exact) mass is 281 g/mol.